The van der Waals surface area contributed by atoms with Crippen molar-refractivity contribution in [3.8, 4) is 17.2 Å². The number of carbonyl (C=O) groups is 2. The molecule has 0 spiro atoms. The quantitative estimate of drug-likeness (QED) is 0.351. The first-order valence-corrected chi connectivity index (χ1v) is 8.67. The average Bonchev–Trinajstić information content (AvgIpc) is 2.76. The molecule has 0 heterocycles. The van der Waals surface area contributed by atoms with Crippen LogP contribution in [0.1, 0.15) is 20.7 Å². The summed E-state index contributed by atoms with van der Waals surface area (Å²) in [4.78, 5) is 34.6. The van der Waals surface area contributed by atoms with Gasteiger partial charge in [-0.2, -0.15) is 0 Å². The summed E-state index contributed by atoms with van der Waals surface area (Å²) in [6.45, 7) is 0. The van der Waals surface area contributed by atoms with Crippen molar-refractivity contribution < 1.29 is 28.7 Å². The molecule has 3 N–H and O–H groups in total. The number of methoxy groups -OCH3 is 3. The Kier molecular flexibility index (Phi) is 7.47. The topological polar surface area (TPSA) is 141 Å². The first kappa shape index (κ1) is 22.4. The summed E-state index contributed by atoms with van der Waals surface area (Å²) >= 11 is 4.97. The fourth-order valence-electron chi connectivity index (χ4n) is 2.34. The minimum atomic E-state index is -0.607. The molecule has 2 aromatic rings. The van der Waals surface area contributed by atoms with Gasteiger partial charge in [0.25, 0.3) is 17.5 Å². The van der Waals surface area contributed by atoms with Crippen LogP contribution in [0.4, 0.5) is 5.69 Å². The Morgan fingerprint density at radius 3 is 1.93 bits per heavy atom. The van der Waals surface area contributed by atoms with E-state index in [4.69, 9.17) is 26.4 Å². The van der Waals surface area contributed by atoms with Gasteiger partial charge in [-0.05, 0) is 36.5 Å². The number of non-ortho nitro benzene ring substituents is 1. The van der Waals surface area contributed by atoms with Crippen molar-refractivity contribution in [1.29, 1.82) is 0 Å². The second-order valence-corrected chi connectivity index (χ2v) is 5.99. The normalized spacial score (nSPS) is 9.83. The van der Waals surface area contributed by atoms with Gasteiger partial charge in [0.2, 0.25) is 5.75 Å². The number of nitrogens with one attached hydrogen (secondary N) is 3. The molecule has 0 atom stereocenters. The summed E-state index contributed by atoms with van der Waals surface area (Å²) in [6, 6.07) is 7.83. The molecule has 0 saturated heterocycles. The zero-order valence-corrected chi connectivity index (χ0v) is 17.0. The lowest BCUT2D eigenvalue weighted by Crippen LogP contribution is -2.48. The lowest BCUT2D eigenvalue weighted by Gasteiger charge is -2.15. The molecule has 30 heavy (non-hydrogen) atoms. The minimum Gasteiger partial charge on any atom is -0.493 e. The summed E-state index contributed by atoms with van der Waals surface area (Å²) in [5.41, 5.74) is 4.91. The van der Waals surface area contributed by atoms with Gasteiger partial charge in [0.1, 0.15) is 0 Å². The largest absolute Gasteiger partial charge is 0.493 e. The summed E-state index contributed by atoms with van der Waals surface area (Å²) < 4.78 is 15.6. The molecule has 2 rings (SSSR count). The molecular formula is C18H18N4O7S. The number of hydrogen-bond donors (Lipinski definition) is 3. The second-order valence-electron chi connectivity index (χ2n) is 5.58. The fourth-order valence-corrected chi connectivity index (χ4v) is 2.48. The van der Waals surface area contributed by atoms with Crippen LogP contribution in [0.15, 0.2) is 36.4 Å². The smallest absolute Gasteiger partial charge is 0.269 e. The van der Waals surface area contributed by atoms with E-state index in [1.54, 1.807) is 0 Å². The van der Waals surface area contributed by atoms with Crippen LogP contribution in [0.5, 0.6) is 17.2 Å². The zero-order chi connectivity index (χ0) is 22.3. The van der Waals surface area contributed by atoms with Crippen molar-refractivity contribution in [2.45, 2.75) is 0 Å². The number of nitrogens with zero attached hydrogens (tertiary/aromatic N) is 1. The van der Waals surface area contributed by atoms with Gasteiger partial charge in [-0.15, -0.1) is 0 Å². The molecule has 0 aliphatic heterocycles. The van der Waals surface area contributed by atoms with Crippen molar-refractivity contribution >= 4 is 34.8 Å². The van der Waals surface area contributed by atoms with Crippen LogP contribution in [-0.4, -0.2) is 43.2 Å². The van der Waals surface area contributed by atoms with E-state index < -0.39 is 16.7 Å². The molecule has 2 amide bonds. The lowest BCUT2D eigenvalue weighted by molar-refractivity contribution is -0.384. The number of carbonyl (C=O) groups excluding carboxylic acids is 2. The average molecular weight is 434 g/mol. The molecule has 0 unspecified atom stereocenters. The summed E-state index contributed by atoms with van der Waals surface area (Å²) in [7, 11) is 4.27. The van der Waals surface area contributed by atoms with E-state index in [2.05, 4.69) is 16.2 Å². The highest BCUT2D eigenvalue weighted by molar-refractivity contribution is 7.80. The molecular weight excluding hydrogens is 416 g/mol. The van der Waals surface area contributed by atoms with Gasteiger partial charge < -0.3 is 14.2 Å². The van der Waals surface area contributed by atoms with Crippen molar-refractivity contribution in [3.05, 3.63) is 57.6 Å². The maximum absolute atomic E-state index is 12.4. The minimum absolute atomic E-state index is 0.148. The zero-order valence-electron chi connectivity index (χ0n) is 16.2. The van der Waals surface area contributed by atoms with E-state index in [1.807, 2.05) is 0 Å². The number of rotatable bonds is 6. The number of hydrogen-bond acceptors (Lipinski definition) is 8. The van der Waals surface area contributed by atoms with Gasteiger partial charge in [0.15, 0.2) is 16.6 Å². The number of nitro groups is 1. The molecule has 0 aromatic heterocycles. The van der Waals surface area contributed by atoms with Gasteiger partial charge in [-0.1, -0.05) is 0 Å². The van der Waals surface area contributed by atoms with Crippen LogP contribution in [-0.2, 0) is 0 Å². The van der Waals surface area contributed by atoms with E-state index in [0.29, 0.717) is 5.75 Å². The molecule has 0 bridgehead atoms. The first-order chi connectivity index (χ1) is 14.3. The van der Waals surface area contributed by atoms with Crippen LogP contribution in [0.2, 0.25) is 0 Å². The molecule has 12 heteroatoms. The predicted octanol–water partition coefficient (Wildman–Crippen LogP) is 1.57. The van der Waals surface area contributed by atoms with Gasteiger partial charge in [-0.25, -0.2) is 0 Å². The van der Waals surface area contributed by atoms with Crippen LogP contribution in [0.3, 0.4) is 0 Å². The number of amides is 2. The molecule has 0 radical (unpaired) electrons. The lowest BCUT2D eigenvalue weighted by atomic mass is 10.1. The number of benzene rings is 2. The van der Waals surface area contributed by atoms with E-state index >= 15 is 0 Å². The molecule has 11 nitrogen and oxygen atoms in total. The van der Waals surface area contributed by atoms with Crippen LogP contribution < -0.4 is 30.4 Å². The number of ether oxygens (including phenoxy) is 3. The molecule has 2 aromatic carbocycles. The standard InChI is InChI=1S/C18H18N4O7S/c1-27-13-8-11(9-14(28-2)15(13)29-3)17(24)20-21-18(30)19-16(23)10-4-6-12(7-5-10)22(25)26/h4-9H,1-3H3,(H,20,24)(H2,19,21,23,30). The Balaban J connectivity index is 1.99. The maximum Gasteiger partial charge on any atom is 0.269 e. The third-order valence-electron chi connectivity index (χ3n) is 3.78. The molecule has 0 aliphatic carbocycles. The van der Waals surface area contributed by atoms with E-state index in [-0.39, 0.29) is 33.4 Å². The van der Waals surface area contributed by atoms with Gasteiger partial charge in [0.05, 0.1) is 26.3 Å². The highest BCUT2D eigenvalue weighted by Gasteiger charge is 2.17. The van der Waals surface area contributed by atoms with Gasteiger partial charge >= 0.3 is 0 Å². The Bertz CT molecular complexity index is 954. The Hall–Kier alpha value is -3.93. The maximum atomic E-state index is 12.4. The number of thiocarbonyl (C=S) groups is 1. The van der Waals surface area contributed by atoms with E-state index in [0.717, 1.165) is 0 Å². The molecule has 0 fully saturated rings. The van der Waals surface area contributed by atoms with Gasteiger partial charge in [-0.3, -0.25) is 35.9 Å². The number of hydrazine groups is 1. The van der Waals surface area contributed by atoms with Crippen LogP contribution in [0.25, 0.3) is 0 Å². The Morgan fingerprint density at radius 2 is 1.47 bits per heavy atom. The predicted molar refractivity (Wildman–Crippen MR) is 110 cm³/mol. The highest BCUT2D eigenvalue weighted by Crippen LogP contribution is 2.38. The van der Waals surface area contributed by atoms with Crippen LogP contribution >= 0.6 is 12.2 Å². The Morgan fingerprint density at radius 1 is 0.900 bits per heavy atom. The molecule has 0 saturated carbocycles. The molecule has 0 aliphatic rings. The Labute approximate surface area is 176 Å². The summed E-state index contributed by atoms with van der Waals surface area (Å²) in [5, 5.41) is 12.8. The SMILES string of the molecule is COc1cc(C(=O)NNC(=S)NC(=O)c2ccc([N+](=O)[O-])cc2)cc(OC)c1OC. The third kappa shape index (κ3) is 5.32. The van der Waals surface area contributed by atoms with Crippen molar-refractivity contribution in [1.82, 2.24) is 16.2 Å². The fraction of sp³-hybridized carbons (Fsp3) is 0.167. The highest BCUT2D eigenvalue weighted by atomic mass is 32.1. The summed E-state index contributed by atoms with van der Waals surface area (Å²) in [6.07, 6.45) is 0. The van der Waals surface area contributed by atoms with E-state index in [1.165, 1.54) is 57.7 Å². The van der Waals surface area contributed by atoms with Crippen molar-refractivity contribution in [2.75, 3.05) is 21.3 Å². The second kappa shape index (κ2) is 10.0. The van der Waals surface area contributed by atoms with Crippen molar-refractivity contribution in [2.24, 2.45) is 0 Å². The van der Waals surface area contributed by atoms with E-state index in [9.17, 15) is 19.7 Å². The van der Waals surface area contributed by atoms with Crippen LogP contribution in [0, 0.1) is 10.1 Å². The number of nitro benzene ring substituents is 1. The van der Waals surface area contributed by atoms with Gasteiger partial charge in [0, 0.05) is 23.3 Å². The van der Waals surface area contributed by atoms with Crippen molar-refractivity contribution in [3.63, 3.8) is 0 Å². The summed E-state index contributed by atoms with van der Waals surface area (Å²) in [5.74, 6) is -0.284. The third-order valence-corrected chi connectivity index (χ3v) is 3.99. The first-order valence-electron chi connectivity index (χ1n) is 8.26. The molecule has 158 valence electrons. The monoisotopic (exact) mass is 434 g/mol.